The third kappa shape index (κ3) is 3.73. The van der Waals surface area contributed by atoms with E-state index in [2.05, 4.69) is 64.5 Å². The Labute approximate surface area is 129 Å². The number of nitrogens with zero attached hydrogens (tertiary/aromatic N) is 1. The van der Waals surface area contributed by atoms with E-state index in [1.807, 2.05) is 18.2 Å². The molecule has 0 aliphatic carbocycles. The Morgan fingerprint density at radius 2 is 1.75 bits per heavy atom. The molecule has 2 N–H and O–H groups in total. The minimum Gasteiger partial charge on any atom is -0.370 e. The van der Waals surface area contributed by atoms with Crippen LogP contribution in [-0.4, -0.2) is 11.5 Å². The van der Waals surface area contributed by atoms with Gasteiger partial charge in [-0.2, -0.15) is 0 Å². The highest BCUT2D eigenvalue weighted by atomic mass is 79.9. The molecule has 1 aromatic carbocycles. The molecule has 3 nitrogen and oxygen atoms in total. The summed E-state index contributed by atoms with van der Waals surface area (Å²) in [4.78, 5) is 4.55. The Kier molecular flexibility index (Phi) is 5.01. The van der Waals surface area contributed by atoms with E-state index in [1.54, 1.807) is 0 Å². The number of pyridine rings is 1. The second-order valence-corrected chi connectivity index (χ2v) is 5.68. The van der Waals surface area contributed by atoms with Crippen LogP contribution in [0.1, 0.15) is 24.5 Å². The van der Waals surface area contributed by atoms with Gasteiger partial charge >= 0.3 is 0 Å². The van der Waals surface area contributed by atoms with Crippen molar-refractivity contribution in [1.29, 1.82) is 0 Å². The van der Waals surface area contributed by atoms with Crippen LogP contribution in [0.2, 0.25) is 0 Å². The summed E-state index contributed by atoms with van der Waals surface area (Å²) in [5, 5.41) is 6.65. The van der Waals surface area contributed by atoms with Crippen LogP contribution in [0.4, 0.5) is 17.3 Å². The van der Waals surface area contributed by atoms with Crippen molar-refractivity contribution >= 4 is 33.3 Å². The Balaban J connectivity index is 2.17. The van der Waals surface area contributed by atoms with Crippen molar-refractivity contribution in [2.24, 2.45) is 0 Å². The zero-order chi connectivity index (χ0) is 14.5. The van der Waals surface area contributed by atoms with E-state index in [-0.39, 0.29) is 0 Å². The molecule has 0 bridgehead atoms. The van der Waals surface area contributed by atoms with E-state index in [4.69, 9.17) is 0 Å². The van der Waals surface area contributed by atoms with Crippen molar-refractivity contribution in [2.75, 3.05) is 17.2 Å². The smallest absolute Gasteiger partial charge is 0.132 e. The molecule has 20 heavy (non-hydrogen) atoms. The van der Waals surface area contributed by atoms with Crippen LogP contribution in [0, 0.1) is 13.8 Å². The quantitative estimate of drug-likeness (QED) is 0.805. The van der Waals surface area contributed by atoms with Crippen LogP contribution in [0.5, 0.6) is 0 Å². The minimum atomic E-state index is 0.854. The van der Waals surface area contributed by atoms with Crippen LogP contribution in [-0.2, 0) is 0 Å². The molecular formula is C16H20BrN3. The molecule has 0 saturated heterocycles. The average Bonchev–Trinajstić information content (AvgIpc) is 2.43. The summed E-state index contributed by atoms with van der Waals surface area (Å²) in [5.74, 6) is 1.76. The number of benzene rings is 1. The number of anilines is 3. The second kappa shape index (κ2) is 6.75. The topological polar surface area (TPSA) is 37.0 Å². The van der Waals surface area contributed by atoms with Gasteiger partial charge in [0.05, 0.1) is 0 Å². The Hall–Kier alpha value is -1.55. The average molecular weight is 334 g/mol. The van der Waals surface area contributed by atoms with Gasteiger partial charge in [0.2, 0.25) is 0 Å². The molecule has 0 aliphatic rings. The number of nitrogens with one attached hydrogen (secondary N) is 2. The lowest BCUT2D eigenvalue weighted by atomic mass is 10.1. The Morgan fingerprint density at radius 3 is 2.40 bits per heavy atom. The van der Waals surface area contributed by atoms with Crippen LogP contribution >= 0.6 is 15.9 Å². The van der Waals surface area contributed by atoms with Gasteiger partial charge < -0.3 is 10.6 Å². The van der Waals surface area contributed by atoms with E-state index < -0.39 is 0 Å². The largest absolute Gasteiger partial charge is 0.370 e. The summed E-state index contributed by atoms with van der Waals surface area (Å²) in [5.41, 5.74) is 3.49. The molecule has 1 heterocycles. The van der Waals surface area contributed by atoms with Gasteiger partial charge in [0.25, 0.3) is 0 Å². The third-order valence-electron chi connectivity index (χ3n) is 3.01. The zero-order valence-corrected chi connectivity index (χ0v) is 13.7. The van der Waals surface area contributed by atoms with E-state index in [9.17, 15) is 0 Å². The lowest BCUT2D eigenvalue weighted by Gasteiger charge is -2.11. The molecule has 1 aromatic heterocycles. The first-order chi connectivity index (χ1) is 9.60. The highest BCUT2D eigenvalue weighted by Gasteiger charge is 2.03. The Bertz CT molecular complexity index is 573. The molecule has 0 saturated carbocycles. The van der Waals surface area contributed by atoms with Crippen LogP contribution in [0.15, 0.2) is 34.8 Å². The first-order valence-electron chi connectivity index (χ1n) is 6.85. The standard InChI is InChI=1S/C16H20BrN3/c1-4-8-18-14-6-5-7-15(20-14)19-13-9-11(2)16(17)12(3)10-13/h5-7,9-10H,4,8H2,1-3H3,(H2,18,19,20). The molecule has 4 heteroatoms. The predicted octanol–water partition coefficient (Wildman–Crippen LogP) is 5.03. The van der Waals surface area contributed by atoms with E-state index in [0.717, 1.165) is 34.8 Å². The normalized spacial score (nSPS) is 10.4. The van der Waals surface area contributed by atoms with Gasteiger partial charge in [-0.3, -0.25) is 0 Å². The fourth-order valence-electron chi connectivity index (χ4n) is 2.02. The molecule has 0 unspecified atom stereocenters. The highest BCUT2D eigenvalue weighted by molar-refractivity contribution is 9.10. The van der Waals surface area contributed by atoms with Gasteiger partial charge in [0, 0.05) is 16.7 Å². The van der Waals surface area contributed by atoms with Crippen LogP contribution in [0.25, 0.3) is 0 Å². The molecule has 0 spiro atoms. The van der Waals surface area contributed by atoms with Crippen molar-refractivity contribution in [3.05, 3.63) is 45.9 Å². The predicted molar refractivity (Wildman–Crippen MR) is 89.9 cm³/mol. The van der Waals surface area contributed by atoms with Crippen LogP contribution in [0.3, 0.4) is 0 Å². The molecule has 2 rings (SSSR count). The van der Waals surface area contributed by atoms with Crippen LogP contribution < -0.4 is 10.6 Å². The van der Waals surface area contributed by atoms with Crippen molar-refractivity contribution in [2.45, 2.75) is 27.2 Å². The van der Waals surface area contributed by atoms with Crippen molar-refractivity contribution in [1.82, 2.24) is 4.98 Å². The number of aryl methyl sites for hydroxylation is 2. The fourth-order valence-corrected chi connectivity index (χ4v) is 2.25. The lowest BCUT2D eigenvalue weighted by Crippen LogP contribution is -2.03. The molecular weight excluding hydrogens is 314 g/mol. The maximum Gasteiger partial charge on any atom is 0.132 e. The molecule has 2 aromatic rings. The molecule has 0 fully saturated rings. The molecule has 0 radical (unpaired) electrons. The van der Waals surface area contributed by atoms with E-state index in [1.165, 1.54) is 11.1 Å². The summed E-state index contributed by atoms with van der Waals surface area (Å²) >= 11 is 3.59. The Morgan fingerprint density at radius 1 is 1.10 bits per heavy atom. The zero-order valence-electron chi connectivity index (χ0n) is 12.1. The van der Waals surface area contributed by atoms with Crippen molar-refractivity contribution in [3.63, 3.8) is 0 Å². The summed E-state index contributed by atoms with van der Waals surface area (Å²) in [6.07, 6.45) is 1.09. The van der Waals surface area contributed by atoms with Crippen molar-refractivity contribution in [3.8, 4) is 0 Å². The summed E-state index contributed by atoms with van der Waals surface area (Å²) in [7, 11) is 0. The fraction of sp³-hybridized carbons (Fsp3) is 0.312. The van der Waals surface area contributed by atoms with Gasteiger partial charge in [-0.05, 0) is 55.7 Å². The van der Waals surface area contributed by atoms with E-state index in [0.29, 0.717) is 0 Å². The number of hydrogen-bond acceptors (Lipinski definition) is 3. The first kappa shape index (κ1) is 14.9. The van der Waals surface area contributed by atoms with Gasteiger partial charge in [0.15, 0.2) is 0 Å². The molecule has 0 amide bonds. The minimum absolute atomic E-state index is 0.854. The summed E-state index contributed by atoms with van der Waals surface area (Å²) in [6, 6.07) is 10.2. The lowest BCUT2D eigenvalue weighted by molar-refractivity contribution is 0.970. The number of aromatic nitrogens is 1. The molecule has 0 aliphatic heterocycles. The maximum atomic E-state index is 4.55. The number of halogens is 1. The molecule has 0 atom stereocenters. The third-order valence-corrected chi connectivity index (χ3v) is 4.26. The SMILES string of the molecule is CCCNc1cccc(Nc2cc(C)c(Br)c(C)c2)n1. The van der Waals surface area contributed by atoms with Crippen molar-refractivity contribution < 1.29 is 0 Å². The highest BCUT2D eigenvalue weighted by Crippen LogP contribution is 2.26. The van der Waals surface area contributed by atoms with Gasteiger partial charge in [-0.25, -0.2) is 4.98 Å². The van der Waals surface area contributed by atoms with E-state index >= 15 is 0 Å². The number of hydrogen-bond donors (Lipinski definition) is 2. The second-order valence-electron chi connectivity index (χ2n) is 4.88. The first-order valence-corrected chi connectivity index (χ1v) is 7.64. The van der Waals surface area contributed by atoms with Gasteiger partial charge in [0.1, 0.15) is 11.6 Å². The molecule has 106 valence electrons. The van der Waals surface area contributed by atoms with Gasteiger partial charge in [-0.1, -0.05) is 28.9 Å². The summed E-state index contributed by atoms with van der Waals surface area (Å²) in [6.45, 7) is 7.26. The summed E-state index contributed by atoms with van der Waals surface area (Å²) < 4.78 is 1.16. The maximum absolute atomic E-state index is 4.55. The number of rotatable bonds is 5. The van der Waals surface area contributed by atoms with Gasteiger partial charge in [-0.15, -0.1) is 0 Å². The monoisotopic (exact) mass is 333 g/mol.